The molecule has 0 heterocycles. The van der Waals surface area contributed by atoms with Crippen molar-refractivity contribution in [3.05, 3.63) is 100 Å². The molecule has 0 spiro atoms. The van der Waals surface area contributed by atoms with Crippen LogP contribution in [0.3, 0.4) is 0 Å². The summed E-state index contributed by atoms with van der Waals surface area (Å²) in [5, 5.41) is 17.8. The van der Waals surface area contributed by atoms with Gasteiger partial charge in [-0.2, -0.15) is 5.26 Å². The maximum atomic E-state index is 9.21. The van der Waals surface area contributed by atoms with Crippen LogP contribution in [0.15, 0.2) is 72.4 Å². The molecule has 0 aliphatic carbocycles. The third-order valence-electron chi connectivity index (χ3n) is 5.10. The van der Waals surface area contributed by atoms with Crippen LogP contribution in [0.2, 0.25) is 0 Å². The van der Waals surface area contributed by atoms with Crippen molar-refractivity contribution in [3.63, 3.8) is 0 Å². The molecule has 0 bridgehead atoms. The maximum absolute atomic E-state index is 9.21. The first-order valence-corrected chi connectivity index (χ1v) is 9.16. The summed E-state index contributed by atoms with van der Waals surface area (Å²) in [5.41, 5.74) is 14.7. The monoisotopic (exact) mass is 365 g/mol. The molecule has 3 aromatic rings. The number of nitrogens with two attached hydrogens (primary N) is 1. The minimum Gasteiger partial charge on any atom is -0.402 e. The zero-order valence-corrected chi connectivity index (χ0v) is 16.4. The van der Waals surface area contributed by atoms with E-state index in [4.69, 9.17) is 11.1 Å². The SMILES string of the molecule is C/C(N)=C(/C(=N)c1ccccc1)c1ccc(-c2ccc(C#N)c(C)c2C)cc1. The van der Waals surface area contributed by atoms with Crippen LogP contribution in [0.1, 0.15) is 34.7 Å². The molecule has 0 unspecified atom stereocenters. The summed E-state index contributed by atoms with van der Waals surface area (Å²) < 4.78 is 0. The van der Waals surface area contributed by atoms with Crippen molar-refractivity contribution in [1.29, 1.82) is 10.7 Å². The lowest BCUT2D eigenvalue weighted by molar-refractivity contribution is 1.30. The molecule has 0 saturated heterocycles. The Morgan fingerprint density at radius 3 is 2.07 bits per heavy atom. The Bertz CT molecular complexity index is 1100. The Kier molecular flexibility index (Phi) is 5.42. The van der Waals surface area contributed by atoms with Crippen LogP contribution in [-0.4, -0.2) is 5.71 Å². The van der Waals surface area contributed by atoms with E-state index in [9.17, 15) is 5.26 Å². The van der Waals surface area contributed by atoms with Gasteiger partial charge in [0.05, 0.1) is 17.3 Å². The van der Waals surface area contributed by atoms with E-state index in [1.807, 2.05) is 87.5 Å². The molecule has 0 amide bonds. The van der Waals surface area contributed by atoms with Gasteiger partial charge in [-0.25, -0.2) is 0 Å². The molecule has 0 aliphatic heterocycles. The molecule has 0 fully saturated rings. The second-order valence-corrected chi connectivity index (χ2v) is 6.90. The summed E-state index contributed by atoms with van der Waals surface area (Å²) in [5.74, 6) is 0. The molecule has 138 valence electrons. The fourth-order valence-corrected chi connectivity index (χ4v) is 3.39. The van der Waals surface area contributed by atoms with Gasteiger partial charge in [-0.15, -0.1) is 0 Å². The number of hydrogen-bond acceptors (Lipinski definition) is 3. The molecule has 0 radical (unpaired) electrons. The molecule has 0 atom stereocenters. The summed E-state index contributed by atoms with van der Waals surface area (Å²) in [7, 11) is 0. The number of nitrogens with zero attached hydrogens (tertiary/aromatic N) is 1. The van der Waals surface area contributed by atoms with Gasteiger partial charge < -0.3 is 5.73 Å². The summed E-state index contributed by atoms with van der Waals surface area (Å²) in [6.45, 7) is 5.85. The Hall–Kier alpha value is -3.64. The minimum atomic E-state index is 0.416. The van der Waals surface area contributed by atoms with E-state index in [-0.39, 0.29) is 0 Å². The standard InChI is InChI=1S/C25H23N3/c1-16-17(2)23(14-13-22(16)15-26)19-9-11-20(12-10-19)24(18(3)27)25(28)21-7-5-4-6-8-21/h4-14,28H,27H2,1-3H3/b24-18-,28-25?. The van der Waals surface area contributed by atoms with Crippen LogP contribution >= 0.6 is 0 Å². The van der Waals surface area contributed by atoms with Crippen molar-refractivity contribution < 1.29 is 0 Å². The first-order chi connectivity index (χ1) is 13.4. The minimum absolute atomic E-state index is 0.416. The Balaban J connectivity index is 2.00. The van der Waals surface area contributed by atoms with E-state index < -0.39 is 0 Å². The zero-order valence-electron chi connectivity index (χ0n) is 16.4. The van der Waals surface area contributed by atoms with Crippen LogP contribution in [0.5, 0.6) is 0 Å². The second kappa shape index (κ2) is 7.94. The number of allylic oxidation sites excluding steroid dienone is 2. The third kappa shape index (κ3) is 3.58. The highest BCUT2D eigenvalue weighted by atomic mass is 14.6. The smallest absolute Gasteiger partial charge is 0.0994 e. The number of benzene rings is 3. The number of rotatable bonds is 4. The highest BCUT2D eigenvalue weighted by Gasteiger charge is 2.14. The van der Waals surface area contributed by atoms with E-state index in [1.54, 1.807) is 0 Å². The molecule has 3 N–H and O–H groups in total. The van der Waals surface area contributed by atoms with Crippen LogP contribution in [0.25, 0.3) is 16.7 Å². The molecule has 0 saturated carbocycles. The summed E-state index contributed by atoms with van der Waals surface area (Å²) >= 11 is 0. The van der Waals surface area contributed by atoms with Gasteiger partial charge in [0, 0.05) is 16.8 Å². The molecule has 3 aromatic carbocycles. The normalized spacial score (nSPS) is 11.5. The molecule has 0 aromatic heterocycles. The van der Waals surface area contributed by atoms with Gasteiger partial charge in [-0.3, -0.25) is 5.41 Å². The van der Waals surface area contributed by atoms with Crippen molar-refractivity contribution in [2.24, 2.45) is 5.73 Å². The Labute approximate surface area is 166 Å². The van der Waals surface area contributed by atoms with Gasteiger partial charge in [-0.05, 0) is 54.7 Å². The van der Waals surface area contributed by atoms with Crippen LogP contribution < -0.4 is 5.73 Å². The van der Waals surface area contributed by atoms with Crippen molar-refractivity contribution in [2.75, 3.05) is 0 Å². The molecule has 0 aliphatic rings. The van der Waals surface area contributed by atoms with Crippen LogP contribution in [-0.2, 0) is 0 Å². The van der Waals surface area contributed by atoms with Crippen LogP contribution in [0, 0.1) is 30.6 Å². The topological polar surface area (TPSA) is 73.7 Å². The lowest BCUT2D eigenvalue weighted by atomic mass is 9.91. The average molecular weight is 365 g/mol. The first kappa shape index (κ1) is 19.1. The predicted molar refractivity (Wildman–Crippen MR) is 116 cm³/mol. The lowest BCUT2D eigenvalue weighted by Gasteiger charge is -2.14. The lowest BCUT2D eigenvalue weighted by Crippen LogP contribution is -2.09. The average Bonchev–Trinajstić information content (AvgIpc) is 2.71. The molecular formula is C25H23N3. The fourth-order valence-electron chi connectivity index (χ4n) is 3.39. The quantitative estimate of drug-likeness (QED) is 0.591. The van der Waals surface area contributed by atoms with Gasteiger partial charge >= 0.3 is 0 Å². The summed E-state index contributed by atoms with van der Waals surface area (Å²) in [6, 6.07) is 23.8. The number of nitrogens with one attached hydrogen (secondary N) is 1. The molecule has 3 heteroatoms. The fraction of sp³-hybridized carbons (Fsp3) is 0.120. The van der Waals surface area contributed by atoms with E-state index in [2.05, 4.69) is 6.07 Å². The van der Waals surface area contributed by atoms with E-state index >= 15 is 0 Å². The van der Waals surface area contributed by atoms with Crippen molar-refractivity contribution in [1.82, 2.24) is 0 Å². The summed E-state index contributed by atoms with van der Waals surface area (Å²) in [6.07, 6.45) is 0. The van der Waals surface area contributed by atoms with E-state index in [1.165, 1.54) is 0 Å². The molecule has 28 heavy (non-hydrogen) atoms. The van der Waals surface area contributed by atoms with E-state index in [0.717, 1.165) is 39.0 Å². The van der Waals surface area contributed by atoms with Crippen LogP contribution in [0.4, 0.5) is 0 Å². The summed E-state index contributed by atoms with van der Waals surface area (Å²) in [4.78, 5) is 0. The zero-order chi connectivity index (χ0) is 20.3. The van der Waals surface area contributed by atoms with Gasteiger partial charge in [0.1, 0.15) is 0 Å². The number of nitriles is 1. The van der Waals surface area contributed by atoms with E-state index in [0.29, 0.717) is 17.0 Å². The molecule has 3 nitrogen and oxygen atoms in total. The third-order valence-corrected chi connectivity index (χ3v) is 5.10. The molecular weight excluding hydrogens is 342 g/mol. The highest BCUT2D eigenvalue weighted by Crippen LogP contribution is 2.30. The Morgan fingerprint density at radius 1 is 0.857 bits per heavy atom. The van der Waals surface area contributed by atoms with Crippen molar-refractivity contribution >= 4 is 11.3 Å². The largest absolute Gasteiger partial charge is 0.402 e. The molecule has 3 rings (SSSR count). The van der Waals surface area contributed by atoms with Crippen molar-refractivity contribution in [2.45, 2.75) is 20.8 Å². The van der Waals surface area contributed by atoms with Crippen molar-refractivity contribution in [3.8, 4) is 17.2 Å². The second-order valence-electron chi connectivity index (χ2n) is 6.90. The maximum Gasteiger partial charge on any atom is 0.0994 e. The highest BCUT2D eigenvalue weighted by molar-refractivity contribution is 6.30. The van der Waals surface area contributed by atoms with Gasteiger partial charge in [-0.1, -0.05) is 60.7 Å². The Morgan fingerprint density at radius 2 is 1.50 bits per heavy atom. The van der Waals surface area contributed by atoms with Gasteiger partial charge in [0.25, 0.3) is 0 Å². The van der Waals surface area contributed by atoms with Gasteiger partial charge in [0.15, 0.2) is 0 Å². The first-order valence-electron chi connectivity index (χ1n) is 9.16. The van der Waals surface area contributed by atoms with Gasteiger partial charge in [0.2, 0.25) is 0 Å². The number of hydrogen-bond donors (Lipinski definition) is 2. The predicted octanol–water partition coefficient (Wildman–Crippen LogP) is 5.60.